The molecule has 0 fully saturated rings. The third-order valence-electron chi connectivity index (χ3n) is 4.14. The summed E-state index contributed by atoms with van der Waals surface area (Å²) in [4.78, 5) is 3.41. The normalized spacial score (nSPS) is 10.8. The smallest absolute Gasteiger partial charge is 0.0580 e. The Balaban J connectivity index is 0.000000212. The van der Waals surface area contributed by atoms with E-state index in [1.807, 2.05) is 36.4 Å². The van der Waals surface area contributed by atoms with E-state index >= 15 is 0 Å². The average molecular weight is 870 g/mol. The zero-order valence-electron chi connectivity index (χ0n) is 18.2. The maximum atomic E-state index is 6.14. The van der Waals surface area contributed by atoms with Crippen LogP contribution in [0.1, 0.15) is 0 Å². The molecule has 38 heavy (non-hydrogen) atoms. The Morgan fingerprint density at radius 1 is 0.395 bits per heavy atom. The maximum absolute atomic E-state index is 6.14. The molecule has 0 aliphatic carbocycles. The number of hydrogen-bond donors (Lipinski definition) is 0. The Kier molecular flexibility index (Phi) is 14.7. The molecule has 0 spiro atoms. The van der Waals surface area contributed by atoms with Crippen molar-refractivity contribution in [3.63, 3.8) is 0 Å². The fraction of sp³-hybridized carbons (Fsp3) is 0. The fourth-order valence-corrected chi connectivity index (χ4v) is 11.4. The highest BCUT2D eigenvalue weighted by Gasteiger charge is 2.14. The van der Waals surface area contributed by atoms with Crippen LogP contribution in [0.25, 0.3) is 0 Å². The third kappa shape index (κ3) is 10.4. The van der Waals surface area contributed by atoms with Crippen LogP contribution < -0.4 is 0 Å². The molecule has 4 aromatic carbocycles. The first-order valence-corrected chi connectivity index (χ1v) is 18.7. The third-order valence-corrected chi connectivity index (χ3v) is 13.1. The van der Waals surface area contributed by atoms with Gasteiger partial charge in [0.05, 0.1) is 39.9 Å². The van der Waals surface area contributed by atoms with Crippen LogP contribution in [0.15, 0.2) is 89.2 Å². The van der Waals surface area contributed by atoms with E-state index in [9.17, 15) is 0 Å². The van der Waals surface area contributed by atoms with Crippen molar-refractivity contribution in [2.75, 3.05) is 0 Å². The van der Waals surface area contributed by atoms with Crippen molar-refractivity contribution in [1.29, 1.82) is 0 Å². The summed E-state index contributed by atoms with van der Waals surface area (Å²) in [7, 11) is 5.88. The summed E-state index contributed by atoms with van der Waals surface area (Å²) in [6.45, 7) is 0. The lowest BCUT2D eigenvalue weighted by molar-refractivity contribution is 1.44. The molecule has 0 atom stereocenters. The van der Waals surface area contributed by atoms with Gasteiger partial charge in [-0.15, -0.1) is 0 Å². The fourth-order valence-electron chi connectivity index (χ4n) is 2.47. The van der Waals surface area contributed by atoms with Crippen molar-refractivity contribution >= 4 is 168 Å². The minimum absolute atomic E-state index is 0.473. The van der Waals surface area contributed by atoms with Crippen LogP contribution in [0.5, 0.6) is 0 Å². The van der Waals surface area contributed by atoms with Crippen molar-refractivity contribution in [3.8, 4) is 0 Å². The lowest BCUT2D eigenvalue weighted by Gasteiger charge is -2.09. The molecule has 0 nitrogen and oxygen atoms in total. The molecule has 0 heterocycles. The first-order valence-electron chi connectivity index (χ1n) is 9.83. The molecule has 0 radical (unpaired) electrons. The summed E-state index contributed by atoms with van der Waals surface area (Å²) in [5.74, 6) is 0. The van der Waals surface area contributed by atoms with Gasteiger partial charge in [-0.2, -0.15) is 0 Å². The molecular formula is C24H10Br2Cl8S4. The highest BCUT2D eigenvalue weighted by Crippen LogP contribution is 2.49. The minimum atomic E-state index is 0.473. The molecule has 0 aliphatic heterocycles. The van der Waals surface area contributed by atoms with Gasteiger partial charge in [-0.3, -0.25) is 0 Å². The molecule has 4 aromatic rings. The Hall–Kier alpha value is 1.56. The van der Waals surface area contributed by atoms with Crippen LogP contribution >= 0.6 is 168 Å². The first kappa shape index (κ1) is 34.1. The van der Waals surface area contributed by atoms with Gasteiger partial charge in [0.2, 0.25) is 0 Å². The topological polar surface area (TPSA) is 0 Å². The molecular weight excluding hydrogens is 860 g/mol. The van der Waals surface area contributed by atoms with E-state index in [1.165, 1.54) is 21.6 Å². The van der Waals surface area contributed by atoms with E-state index in [-0.39, 0.29) is 0 Å². The van der Waals surface area contributed by atoms with Gasteiger partial charge in [-0.1, -0.05) is 146 Å². The van der Waals surface area contributed by atoms with Gasteiger partial charge in [0.15, 0.2) is 0 Å². The molecule has 0 N–H and O–H groups in total. The predicted molar refractivity (Wildman–Crippen MR) is 185 cm³/mol. The zero-order chi connectivity index (χ0) is 28.0. The van der Waals surface area contributed by atoms with E-state index in [1.54, 1.807) is 45.9 Å². The molecule has 0 saturated heterocycles. The molecule has 0 unspecified atom stereocenters. The highest BCUT2D eigenvalue weighted by atomic mass is 79.9. The van der Waals surface area contributed by atoms with Crippen LogP contribution in [0.4, 0.5) is 0 Å². The van der Waals surface area contributed by atoms with Gasteiger partial charge in [0, 0.05) is 28.8 Å². The number of benzene rings is 4. The second-order valence-electron chi connectivity index (χ2n) is 6.88. The highest BCUT2D eigenvalue weighted by molar-refractivity contribution is 9.10. The quantitative estimate of drug-likeness (QED) is 0.177. The molecule has 0 saturated carbocycles. The summed E-state index contributed by atoms with van der Waals surface area (Å²) in [5.41, 5.74) is 0. The maximum Gasteiger partial charge on any atom is 0.0580 e. The summed E-state index contributed by atoms with van der Waals surface area (Å²) in [5, 5.41) is 4.34. The molecule has 0 aromatic heterocycles. The summed E-state index contributed by atoms with van der Waals surface area (Å²) in [6, 6.07) is 18.1. The van der Waals surface area contributed by atoms with Crippen molar-refractivity contribution in [2.24, 2.45) is 0 Å². The van der Waals surface area contributed by atoms with E-state index in [2.05, 4.69) is 31.9 Å². The molecule has 200 valence electrons. The monoisotopic (exact) mass is 864 g/mol. The van der Waals surface area contributed by atoms with Gasteiger partial charge >= 0.3 is 0 Å². The van der Waals surface area contributed by atoms with Crippen LogP contribution in [0.2, 0.25) is 40.2 Å². The molecule has 0 bridgehead atoms. The van der Waals surface area contributed by atoms with Crippen LogP contribution in [0.3, 0.4) is 0 Å². The summed E-state index contributed by atoms with van der Waals surface area (Å²) >= 11 is 55.3. The summed E-state index contributed by atoms with van der Waals surface area (Å²) in [6.07, 6.45) is 0. The standard InChI is InChI=1S/C12H6Br2Cl2S2.C12H4Cl6S2/c13-7-1-3-9(15)11(5-7)17-18-12-6-8(14)2-4-10(12)16;13-5-1-7(15)11(8(16)2-5)19-20-12-9(17)3-6(14)4-10(12)18/h1-6H;1-4H. The van der Waals surface area contributed by atoms with Crippen molar-refractivity contribution in [2.45, 2.75) is 19.6 Å². The lowest BCUT2D eigenvalue weighted by atomic mass is 10.4. The van der Waals surface area contributed by atoms with Gasteiger partial charge in [0.25, 0.3) is 0 Å². The van der Waals surface area contributed by atoms with Crippen LogP contribution in [0, 0.1) is 0 Å². The van der Waals surface area contributed by atoms with E-state index in [0.717, 1.165) is 28.8 Å². The van der Waals surface area contributed by atoms with Gasteiger partial charge in [-0.25, -0.2) is 0 Å². The molecule has 0 aliphatic rings. The number of halogens is 10. The Labute approximate surface area is 293 Å². The first-order chi connectivity index (χ1) is 17.9. The zero-order valence-corrected chi connectivity index (χ0v) is 30.7. The van der Waals surface area contributed by atoms with E-state index in [0.29, 0.717) is 39.9 Å². The molecule has 14 heteroatoms. The SMILES string of the molecule is Clc1cc(Cl)c(SSc2c(Cl)cc(Cl)cc2Cl)c(Cl)c1.Clc1ccc(Br)cc1SSc1cc(Br)ccc1Cl. The average Bonchev–Trinajstić information content (AvgIpc) is 2.82. The van der Waals surface area contributed by atoms with E-state index in [4.69, 9.17) is 92.8 Å². The van der Waals surface area contributed by atoms with Gasteiger partial charge < -0.3 is 0 Å². The number of rotatable bonds is 6. The van der Waals surface area contributed by atoms with Crippen molar-refractivity contribution in [1.82, 2.24) is 0 Å². The molecule has 0 amide bonds. The Morgan fingerprint density at radius 2 is 0.711 bits per heavy atom. The van der Waals surface area contributed by atoms with Crippen molar-refractivity contribution in [3.05, 3.63) is 110 Å². The Morgan fingerprint density at radius 3 is 1.03 bits per heavy atom. The van der Waals surface area contributed by atoms with Gasteiger partial charge in [-0.05, 0) is 82.3 Å². The minimum Gasteiger partial charge on any atom is -0.0842 e. The summed E-state index contributed by atoms with van der Waals surface area (Å²) < 4.78 is 2.02. The van der Waals surface area contributed by atoms with Gasteiger partial charge in [0.1, 0.15) is 0 Å². The Bertz CT molecular complexity index is 1300. The van der Waals surface area contributed by atoms with E-state index < -0.39 is 0 Å². The van der Waals surface area contributed by atoms with Crippen LogP contribution in [-0.2, 0) is 0 Å². The second-order valence-corrected chi connectivity index (χ2v) is 16.4. The van der Waals surface area contributed by atoms with Crippen molar-refractivity contribution < 1.29 is 0 Å². The lowest BCUT2D eigenvalue weighted by Crippen LogP contribution is -1.79. The largest absolute Gasteiger partial charge is 0.0842 e. The second kappa shape index (κ2) is 16.4. The van der Waals surface area contributed by atoms with Crippen LogP contribution in [-0.4, -0.2) is 0 Å². The number of hydrogen-bond acceptors (Lipinski definition) is 4. The molecule has 4 rings (SSSR count). The predicted octanol–water partition coefficient (Wildman–Crippen LogP) is 15.7.